The minimum absolute atomic E-state index is 0.405. The van der Waals surface area contributed by atoms with E-state index in [9.17, 15) is 0 Å². The zero-order valence-electron chi connectivity index (χ0n) is 7.25. The number of halogens is 1. The highest BCUT2D eigenvalue weighted by molar-refractivity contribution is 7.23. The van der Waals surface area contributed by atoms with Gasteiger partial charge in [0.05, 0.1) is 17.5 Å². The van der Waals surface area contributed by atoms with Crippen molar-refractivity contribution in [1.29, 1.82) is 5.26 Å². The number of benzene rings is 1. The van der Waals surface area contributed by atoms with Crippen LogP contribution in [0.1, 0.15) is 5.56 Å². The maximum atomic E-state index is 8.56. The molecule has 1 heterocycles. The predicted molar refractivity (Wildman–Crippen MR) is 60.6 cm³/mol. The molecule has 0 radical (unpaired) electrons. The number of nitrogen functional groups attached to an aromatic ring is 1. The first-order valence-corrected chi connectivity index (χ1v) is 5.25. The van der Waals surface area contributed by atoms with Gasteiger partial charge in [0.2, 0.25) is 0 Å². The van der Waals surface area contributed by atoms with Crippen LogP contribution < -0.4 is 5.73 Å². The van der Waals surface area contributed by atoms with Gasteiger partial charge in [0.15, 0.2) is 0 Å². The van der Waals surface area contributed by atoms with Crippen molar-refractivity contribution in [3.63, 3.8) is 0 Å². The van der Waals surface area contributed by atoms with E-state index in [-0.39, 0.29) is 0 Å². The molecule has 0 unspecified atom stereocenters. The van der Waals surface area contributed by atoms with Gasteiger partial charge in [-0.05, 0) is 17.7 Å². The molecule has 4 heteroatoms. The van der Waals surface area contributed by atoms with E-state index in [0.717, 1.165) is 15.6 Å². The van der Waals surface area contributed by atoms with Crippen LogP contribution in [-0.2, 0) is 6.42 Å². The van der Waals surface area contributed by atoms with E-state index in [1.54, 1.807) is 0 Å². The molecular weight excluding hydrogens is 216 g/mol. The lowest BCUT2D eigenvalue weighted by molar-refractivity contribution is 1.27. The van der Waals surface area contributed by atoms with E-state index in [1.807, 2.05) is 18.2 Å². The molecule has 0 saturated heterocycles. The molecule has 0 amide bonds. The fourth-order valence-electron chi connectivity index (χ4n) is 1.33. The SMILES string of the molecule is N#CCc1ccc2sc(N)c(Cl)c2c1. The van der Waals surface area contributed by atoms with Crippen molar-refractivity contribution in [2.75, 3.05) is 5.73 Å². The van der Waals surface area contributed by atoms with E-state index in [4.69, 9.17) is 22.6 Å². The summed E-state index contributed by atoms with van der Waals surface area (Å²) in [6.45, 7) is 0. The molecule has 0 atom stereocenters. The third kappa shape index (κ3) is 1.43. The van der Waals surface area contributed by atoms with Crippen LogP contribution in [0.4, 0.5) is 5.00 Å². The average molecular weight is 223 g/mol. The number of hydrogen-bond donors (Lipinski definition) is 1. The van der Waals surface area contributed by atoms with E-state index in [2.05, 4.69) is 6.07 Å². The molecule has 1 aromatic carbocycles. The Morgan fingerprint density at radius 2 is 2.29 bits per heavy atom. The molecule has 0 aliphatic heterocycles. The summed E-state index contributed by atoms with van der Waals surface area (Å²) in [5.74, 6) is 0. The highest BCUT2D eigenvalue weighted by Gasteiger charge is 2.07. The topological polar surface area (TPSA) is 49.8 Å². The van der Waals surface area contributed by atoms with Gasteiger partial charge < -0.3 is 5.73 Å². The van der Waals surface area contributed by atoms with E-state index in [1.165, 1.54) is 11.3 Å². The quantitative estimate of drug-likeness (QED) is 0.806. The molecule has 0 aliphatic rings. The number of rotatable bonds is 1. The monoisotopic (exact) mass is 222 g/mol. The molecule has 70 valence electrons. The Morgan fingerprint density at radius 3 is 3.00 bits per heavy atom. The lowest BCUT2D eigenvalue weighted by atomic mass is 10.1. The Hall–Kier alpha value is -1.24. The molecule has 1 aromatic heterocycles. The minimum atomic E-state index is 0.405. The number of hydrogen-bond acceptors (Lipinski definition) is 3. The highest BCUT2D eigenvalue weighted by atomic mass is 35.5. The number of nitrogens with zero attached hydrogens (tertiary/aromatic N) is 1. The average Bonchev–Trinajstić information content (AvgIpc) is 2.45. The smallest absolute Gasteiger partial charge is 0.106 e. The standard InChI is InChI=1S/C10H7ClN2S/c11-9-7-5-6(3-4-12)1-2-8(7)14-10(9)13/h1-2,5H,3,13H2. The summed E-state index contributed by atoms with van der Waals surface area (Å²) in [5, 5.41) is 10.7. The number of fused-ring (bicyclic) bond motifs is 1. The maximum absolute atomic E-state index is 8.56. The van der Waals surface area contributed by atoms with Gasteiger partial charge in [-0.25, -0.2) is 0 Å². The molecule has 0 saturated carbocycles. The lowest BCUT2D eigenvalue weighted by Crippen LogP contribution is -1.80. The fraction of sp³-hybridized carbons (Fsp3) is 0.100. The third-order valence-electron chi connectivity index (χ3n) is 2.00. The number of thiophene rings is 1. The third-order valence-corrected chi connectivity index (χ3v) is 3.52. The van der Waals surface area contributed by atoms with Crippen molar-refractivity contribution < 1.29 is 0 Å². The van der Waals surface area contributed by atoms with Gasteiger partial charge in [-0.2, -0.15) is 5.26 Å². The van der Waals surface area contributed by atoms with E-state index < -0.39 is 0 Å². The van der Waals surface area contributed by atoms with Crippen molar-refractivity contribution in [2.45, 2.75) is 6.42 Å². The fourth-order valence-corrected chi connectivity index (χ4v) is 2.51. The Balaban J connectivity index is 2.65. The summed E-state index contributed by atoms with van der Waals surface area (Å²) < 4.78 is 1.06. The second-order valence-electron chi connectivity index (χ2n) is 2.95. The van der Waals surface area contributed by atoms with Gasteiger partial charge in [0.25, 0.3) is 0 Å². The first kappa shape index (κ1) is 9.32. The molecular formula is C10H7ClN2S. The lowest BCUT2D eigenvalue weighted by Gasteiger charge is -1.94. The minimum Gasteiger partial charge on any atom is -0.389 e. The van der Waals surface area contributed by atoms with Crippen molar-refractivity contribution in [1.82, 2.24) is 0 Å². The number of nitrogens with two attached hydrogens (primary N) is 1. The van der Waals surface area contributed by atoms with Crippen LogP contribution in [0.15, 0.2) is 18.2 Å². The van der Waals surface area contributed by atoms with Crippen LogP contribution >= 0.6 is 22.9 Å². The summed E-state index contributed by atoms with van der Waals surface area (Å²) in [5.41, 5.74) is 6.67. The molecule has 0 bridgehead atoms. The summed E-state index contributed by atoms with van der Waals surface area (Å²) in [7, 11) is 0. The summed E-state index contributed by atoms with van der Waals surface area (Å²) in [6.07, 6.45) is 0.405. The Bertz CT molecular complexity index is 525. The molecule has 0 fully saturated rings. The largest absolute Gasteiger partial charge is 0.389 e. The van der Waals surface area contributed by atoms with Gasteiger partial charge >= 0.3 is 0 Å². The highest BCUT2D eigenvalue weighted by Crippen LogP contribution is 2.37. The van der Waals surface area contributed by atoms with Gasteiger partial charge in [0.1, 0.15) is 5.00 Å². The first-order chi connectivity index (χ1) is 6.72. The number of anilines is 1. The normalized spacial score (nSPS) is 10.3. The van der Waals surface area contributed by atoms with E-state index >= 15 is 0 Å². The Morgan fingerprint density at radius 1 is 1.50 bits per heavy atom. The van der Waals surface area contributed by atoms with Crippen LogP contribution in [-0.4, -0.2) is 0 Å². The van der Waals surface area contributed by atoms with Crippen molar-refractivity contribution in [3.8, 4) is 6.07 Å². The van der Waals surface area contributed by atoms with Crippen molar-refractivity contribution in [3.05, 3.63) is 28.8 Å². The van der Waals surface area contributed by atoms with Crippen LogP contribution in [0.25, 0.3) is 10.1 Å². The Kier molecular flexibility index (Phi) is 2.32. The summed E-state index contributed by atoms with van der Waals surface area (Å²) >= 11 is 7.48. The van der Waals surface area contributed by atoms with Crippen molar-refractivity contribution in [2.24, 2.45) is 0 Å². The second kappa shape index (κ2) is 3.49. The van der Waals surface area contributed by atoms with Crippen molar-refractivity contribution >= 4 is 38.0 Å². The van der Waals surface area contributed by atoms with E-state index in [0.29, 0.717) is 16.4 Å². The molecule has 2 nitrogen and oxygen atoms in total. The second-order valence-corrected chi connectivity index (χ2v) is 4.41. The zero-order valence-corrected chi connectivity index (χ0v) is 8.82. The van der Waals surface area contributed by atoms with Crippen LogP contribution in [0, 0.1) is 11.3 Å². The first-order valence-electron chi connectivity index (χ1n) is 4.05. The van der Waals surface area contributed by atoms with Crippen LogP contribution in [0.2, 0.25) is 5.02 Å². The molecule has 0 spiro atoms. The summed E-state index contributed by atoms with van der Waals surface area (Å²) in [4.78, 5) is 0. The van der Waals surface area contributed by atoms with Crippen LogP contribution in [0.3, 0.4) is 0 Å². The molecule has 2 rings (SSSR count). The van der Waals surface area contributed by atoms with Gasteiger partial charge in [-0.3, -0.25) is 0 Å². The number of nitriles is 1. The van der Waals surface area contributed by atoms with Gasteiger partial charge in [-0.15, -0.1) is 11.3 Å². The van der Waals surface area contributed by atoms with Gasteiger partial charge in [-0.1, -0.05) is 17.7 Å². The molecule has 2 aromatic rings. The zero-order chi connectivity index (χ0) is 10.1. The molecule has 0 aliphatic carbocycles. The Labute approximate surface area is 90.5 Å². The van der Waals surface area contributed by atoms with Gasteiger partial charge in [0, 0.05) is 10.1 Å². The molecule has 14 heavy (non-hydrogen) atoms. The maximum Gasteiger partial charge on any atom is 0.106 e. The predicted octanol–water partition coefficient (Wildman–Crippen LogP) is 3.20. The summed E-state index contributed by atoms with van der Waals surface area (Å²) in [6, 6.07) is 7.91. The van der Waals surface area contributed by atoms with Crippen LogP contribution in [0.5, 0.6) is 0 Å². The molecule has 2 N–H and O–H groups in total.